The topological polar surface area (TPSA) is 64.3 Å². The molecule has 2 aromatic carbocycles. The number of methoxy groups -OCH3 is 1. The molecule has 0 aliphatic heterocycles. The van der Waals surface area contributed by atoms with Gasteiger partial charge in [0.1, 0.15) is 17.6 Å². The second kappa shape index (κ2) is 6.58. The molecule has 1 unspecified atom stereocenters. The van der Waals surface area contributed by atoms with Crippen LogP contribution in [0.2, 0.25) is 0 Å². The van der Waals surface area contributed by atoms with Gasteiger partial charge >= 0.3 is 0 Å². The highest BCUT2D eigenvalue weighted by atomic mass is 79.9. The Balaban J connectivity index is 2.30. The zero-order valence-electron chi connectivity index (χ0n) is 11.3. The fourth-order valence-electron chi connectivity index (χ4n) is 1.89. The molecule has 2 rings (SSSR count). The summed E-state index contributed by atoms with van der Waals surface area (Å²) in [6.45, 7) is 0. The lowest BCUT2D eigenvalue weighted by molar-refractivity contribution is -0.118. The third kappa shape index (κ3) is 3.72. The van der Waals surface area contributed by atoms with E-state index in [1.165, 1.54) is 18.2 Å². The highest BCUT2D eigenvalue weighted by Gasteiger charge is 2.21. The number of carbonyl (C=O) groups excluding carboxylic acids is 1. The largest absolute Gasteiger partial charge is 0.497 e. The van der Waals surface area contributed by atoms with E-state index in [1.807, 2.05) is 0 Å². The Kier molecular flexibility index (Phi) is 4.80. The predicted molar refractivity (Wildman–Crippen MR) is 82.7 cm³/mol. The van der Waals surface area contributed by atoms with E-state index in [0.29, 0.717) is 21.5 Å². The molecule has 6 heteroatoms. The molecule has 2 aromatic rings. The minimum absolute atomic E-state index is 0.434. The summed E-state index contributed by atoms with van der Waals surface area (Å²) in [5.74, 6) is -0.337. The Morgan fingerprint density at radius 3 is 2.52 bits per heavy atom. The van der Waals surface area contributed by atoms with Gasteiger partial charge in [-0.1, -0.05) is 15.9 Å². The van der Waals surface area contributed by atoms with Crippen molar-refractivity contribution >= 4 is 27.5 Å². The second-order valence-electron chi connectivity index (χ2n) is 4.37. The Morgan fingerprint density at radius 2 is 1.95 bits per heavy atom. The Bertz CT molecular complexity index is 647. The van der Waals surface area contributed by atoms with E-state index in [1.54, 1.807) is 31.4 Å². The molecule has 4 nitrogen and oxygen atoms in total. The van der Waals surface area contributed by atoms with Crippen LogP contribution in [-0.4, -0.2) is 13.0 Å². The van der Waals surface area contributed by atoms with Gasteiger partial charge in [0.2, 0.25) is 5.91 Å². The van der Waals surface area contributed by atoms with E-state index >= 15 is 0 Å². The third-order valence-corrected chi connectivity index (χ3v) is 3.68. The van der Waals surface area contributed by atoms with Crippen LogP contribution < -0.4 is 15.8 Å². The van der Waals surface area contributed by atoms with E-state index in [4.69, 9.17) is 10.5 Å². The lowest BCUT2D eigenvalue weighted by Crippen LogP contribution is -2.28. The van der Waals surface area contributed by atoms with Crippen LogP contribution in [0.3, 0.4) is 0 Å². The quantitative estimate of drug-likeness (QED) is 0.868. The van der Waals surface area contributed by atoms with Gasteiger partial charge in [-0.3, -0.25) is 4.79 Å². The smallest absolute Gasteiger partial charge is 0.244 e. The molecule has 0 fully saturated rings. The number of ether oxygens (including phenoxy) is 1. The van der Waals surface area contributed by atoms with Crippen molar-refractivity contribution in [3.8, 4) is 5.75 Å². The van der Waals surface area contributed by atoms with Crippen molar-refractivity contribution in [2.75, 3.05) is 12.4 Å². The average molecular weight is 353 g/mol. The minimum Gasteiger partial charge on any atom is -0.497 e. The molecule has 0 aliphatic carbocycles. The number of hydrogen-bond acceptors (Lipinski definition) is 3. The highest BCUT2D eigenvalue weighted by Crippen LogP contribution is 2.28. The van der Waals surface area contributed by atoms with Crippen molar-refractivity contribution in [2.24, 2.45) is 5.73 Å². The van der Waals surface area contributed by atoms with Crippen LogP contribution in [-0.2, 0) is 4.79 Å². The van der Waals surface area contributed by atoms with Crippen molar-refractivity contribution in [3.05, 3.63) is 58.3 Å². The monoisotopic (exact) mass is 352 g/mol. The first-order valence-electron chi connectivity index (χ1n) is 6.16. The molecule has 0 aromatic heterocycles. The van der Waals surface area contributed by atoms with Gasteiger partial charge in [-0.25, -0.2) is 4.39 Å². The Morgan fingerprint density at radius 1 is 1.29 bits per heavy atom. The fraction of sp³-hybridized carbons (Fsp3) is 0.133. The molecule has 0 bridgehead atoms. The van der Waals surface area contributed by atoms with Crippen LogP contribution in [0.4, 0.5) is 10.1 Å². The van der Waals surface area contributed by atoms with Gasteiger partial charge in [-0.05, 0) is 42.5 Å². The van der Waals surface area contributed by atoms with Gasteiger partial charge in [-0.2, -0.15) is 0 Å². The molecule has 0 aliphatic rings. The molecular weight excluding hydrogens is 339 g/mol. The highest BCUT2D eigenvalue weighted by molar-refractivity contribution is 9.10. The molecule has 0 saturated carbocycles. The summed E-state index contributed by atoms with van der Waals surface area (Å²) in [5, 5.41) is 2.99. The SMILES string of the molecule is COc1ccc(NC(C(N)=O)c2cc(F)ccc2Br)cc1. The number of hydrogen-bond donors (Lipinski definition) is 2. The number of nitrogens with two attached hydrogens (primary N) is 1. The second-order valence-corrected chi connectivity index (χ2v) is 5.23. The molecule has 1 atom stereocenters. The van der Waals surface area contributed by atoms with Crippen molar-refractivity contribution in [3.63, 3.8) is 0 Å². The van der Waals surface area contributed by atoms with Crippen LogP contribution in [0.25, 0.3) is 0 Å². The van der Waals surface area contributed by atoms with Crippen molar-refractivity contribution in [1.29, 1.82) is 0 Å². The molecule has 0 spiro atoms. The van der Waals surface area contributed by atoms with Crippen LogP contribution >= 0.6 is 15.9 Å². The summed E-state index contributed by atoms with van der Waals surface area (Å²) < 4.78 is 19.1. The molecule has 3 N–H and O–H groups in total. The Hall–Kier alpha value is -2.08. The number of rotatable bonds is 5. The maximum atomic E-state index is 13.4. The summed E-state index contributed by atoms with van der Waals surface area (Å²) in [6.07, 6.45) is 0. The van der Waals surface area contributed by atoms with Crippen molar-refractivity contribution in [2.45, 2.75) is 6.04 Å². The molecule has 0 saturated heterocycles. The van der Waals surface area contributed by atoms with Crippen molar-refractivity contribution in [1.82, 2.24) is 0 Å². The molecular formula is C15H14BrFN2O2. The first-order chi connectivity index (χ1) is 10.0. The van der Waals surface area contributed by atoms with Crippen LogP contribution in [0.15, 0.2) is 46.9 Å². The fourth-order valence-corrected chi connectivity index (χ4v) is 2.37. The van der Waals surface area contributed by atoms with Crippen molar-refractivity contribution < 1.29 is 13.9 Å². The normalized spacial score (nSPS) is 11.8. The molecule has 110 valence electrons. The van der Waals surface area contributed by atoms with E-state index in [0.717, 1.165) is 0 Å². The predicted octanol–water partition coefficient (Wildman–Crippen LogP) is 3.24. The first kappa shape index (κ1) is 15.3. The van der Waals surface area contributed by atoms with Gasteiger partial charge in [0, 0.05) is 15.7 Å². The lowest BCUT2D eigenvalue weighted by Gasteiger charge is -2.18. The summed E-state index contributed by atoms with van der Waals surface area (Å²) in [7, 11) is 1.57. The summed E-state index contributed by atoms with van der Waals surface area (Å²) in [6, 6.07) is 10.3. The maximum absolute atomic E-state index is 13.4. The number of amides is 1. The number of anilines is 1. The van der Waals surface area contributed by atoms with E-state index in [9.17, 15) is 9.18 Å². The van der Waals surface area contributed by atoms with Gasteiger partial charge in [0.25, 0.3) is 0 Å². The molecule has 1 amide bonds. The van der Waals surface area contributed by atoms with Gasteiger partial charge in [0.15, 0.2) is 0 Å². The van der Waals surface area contributed by atoms with E-state index in [2.05, 4.69) is 21.2 Å². The average Bonchev–Trinajstić information content (AvgIpc) is 2.48. The third-order valence-electron chi connectivity index (χ3n) is 2.95. The molecule has 21 heavy (non-hydrogen) atoms. The minimum atomic E-state index is -0.844. The van der Waals surface area contributed by atoms with Gasteiger partial charge in [-0.15, -0.1) is 0 Å². The zero-order chi connectivity index (χ0) is 15.4. The maximum Gasteiger partial charge on any atom is 0.244 e. The van der Waals surface area contributed by atoms with Gasteiger partial charge < -0.3 is 15.8 Å². The molecule has 0 heterocycles. The lowest BCUT2D eigenvalue weighted by atomic mass is 10.1. The van der Waals surface area contributed by atoms with Crippen LogP contribution in [0.5, 0.6) is 5.75 Å². The van der Waals surface area contributed by atoms with Crippen LogP contribution in [0, 0.1) is 5.82 Å². The van der Waals surface area contributed by atoms with Crippen LogP contribution in [0.1, 0.15) is 11.6 Å². The van der Waals surface area contributed by atoms with Gasteiger partial charge in [0.05, 0.1) is 7.11 Å². The summed E-state index contributed by atoms with van der Waals surface area (Å²) >= 11 is 3.30. The van der Waals surface area contributed by atoms with E-state index < -0.39 is 17.8 Å². The van der Waals surface area contributed by atoms with E-state index in [-0.39, 0.29) is 0 Å². The Labute approximate surface area is 130 Å². The summed E-state index contributed by atoms with van der Waals surface area (Å²) in [5.41, 5.74) is 6.54. The molecule has 0 radical (unpaired) electrons. The number of benzene rings is 2. The number of halogens is 2. The first-order valence-corrected chi connectivity index (χ1v) is 6.95. The zero-order valence-corrected chi connectivity index (χ0v) is 12.9. The summed E-state index contributed by atoms with van der Waals surface area (Å²) in [4.78, 5) is 11.7. The number of carbonyl (C=O) groups is 1. The standard InChI is InChI=1S/C15H14BrFN2O2/c1-21-11-5-3-10(4-6-11)19-14(15(18)20)12-8-9(17)2-7-13(12)16/h2-8,14,19H,1H3,(H2,18,20). The number of primary amides is 1. The number of nitrogens with one attached hydrogen (secondary N) is 1.